The normalized spacial score (nSPS) is 18.1. The van der Waals surface area contributed by atoms with E-state index in [1.165, 1.54) is 0 Å². The summed E-state index contributed by atoms with van der Waals surface area (Å²) in [5, 5.41) is 3.37. The third-order valence-corrected chi connectivity index (χ3v) is 6.28. The minimum atomic E-state index is -0.302. The first-order chi connectivity index (χ1) is 15.7. The third-order valence-electron chi connectivity index (χ3n) is 5.76. The van der Waals surface area contributed by atoms with Crippen LogP contribution < -0.4 is 15.0 Å². The molecule has 5 rings (SSSR count). The first kappa shape index (κ1) is 20.5. The fraction of sp³-hybridized carbons (Fsp3) is 0.154. The summed E-state index contributed by atoms with van der Waals surface area (Å²) in [7, 11) is 1.64. The molecule has 3 aromatic rings. The van der Waals surface area contributed by atoms with Crippen molar-refractivity contribution in [3.8, 4) is 5.75 Å². The van der Waals surface area contributed by atoms with Gasteiger partial charge in [0.2, 0.25) is 0 Å². The van der Waals surface area contributed by atoms with Crippen molar-refractivity contribution in [1.82, 2.24) is 5.32 Å². The van der Waals surface area contributed by atoms with Crippen LogP contribution in [-0.4, -0.2) is 31.8 Å². The van der Waals surface area contributed by atoms with Crippen LogP contribution in [0.25, 0.3) is 0 Å². The van der Waals surface area contributed by atoms with Crippen molar-refractivity contribution in [1.29, 1.82) is 0 Å². The van der Waals surface area contributed by atoms with E-state index in [9.17, 15) is 4.79 Å². The Hall–Kier alpha value is -3.38. The molecule has 3 aromatic carbocycles. The molecule has 160 valence electrons. The lowest BCUT2D eigenvalue weighted by Gasteiger charge is -2.28. The van der Waals surface area contributed by atoms with E-state index >= 15 is 0 Å². The quantitative estimate of drug-likeness (QED) is 0.569. The van der Waals surface area contributed by atoms with Crippen molar-refractivity contribution >= 4 is 33.2 Å². The number of ether oxygens (including phenoxy) is 1. The first-order valence-electron chi connectivity index (χ1n) is 10.5. The maximum absolute atomic E-state index is 13.8. The van der Waals surface area contributed by atoms with Crippen LogP contribution >= 0.6 is 15.9 Å². The Morgan fingerprint density at radius 2 is 1.72 bits per heavy atom. The highest BCUT2D eigenvalue weighted by Crippen LogP contribution is 2.43. The predicted octanol–water partition coefficient (Wildman–Crippen LogP) is 4.89. The number of methoxy groups -OCH3 is 1. The Morgan fingerprint density at radius 3 is 2.41 bits per heavy atom. The van der Waals surface area contributed by atoms with Crippen LogP contribution in [0.2, 0.25) is 0 Å². The molecule has 1 atom stereocenters. The lowest BCUT2D eigenvalue weighted by Crippen LogP contribution is -2.33. The fourth-order valence-electron chi connectivity index (χ4n) is 4.28. The summed E-state index contributed by atoms with van der Waals surface area (Å²) >= 11 is 3.53. The molecule has 0 fully saturated rings. The zero-order chi connectivity index (χ0) is 22.1. The van der Waals surface area contributed by atoms with Gasteiger partial charge in [0, 0.05) is 27.8 Å². The van der Waals surface area contributed by atoms with Gasteiger partial charge in [-0.25, -0.2) is 0 Å². The zero-order valence-corrected chi connectivity index (χ0v) is 19.2. The van der Waals surface area contributed by atoms with Gasteiger partial charge in [0.15, 0.2) is 0 Å². The largest absolute Gasteiger partial charge is 0.497 e. The van der Waals surface area contributed by atoms with E-state index in [-0.39, 0.29) is 11.9 Å². The van der Waals surface area contributed by atoms with Crippen LogP contribution in [0.4, 0.5) is 5.69 Å². The highest BCUT2D eigenvalue weighted by atomic mass is 79.9. The number of amides is 1. The number of halogens is 1. The molecule has 0 saturated heterocycles. The number of carbonyl (C=O) groups excluding carboxylic acids is 1. The molecule has 0 aliphatic carbocycles. The topological polar surface area (TPSA) is 53.9 Å². The predicted molar refractivity (Wildman–Crippen MR) is 130 cm³/mol. The van der Waals surface area contributed by atoms with Crippen molar-refractivity contribution in [2.45, 2.75) is 6.04 Å². The minimum Gasteiger partial charge on any atom is -0.497 e. The van der Waals surface area contributed by atoms with Crippen LogP contribution in [0.3, 0.4) is 0 Å². The van der Waals surface area contributed by atoms with Gasteiger partial charge in [-0.05, 0) is 42.0 Å². The molecule has 0 aromatic heterocycles. The molecular weight excluding hydrogens is 466 g/mol. The van der Waals surface area contributed by atoms with Gasteiger partial charge >= 0.3 is 0 Å². The van der Waals surface area contributed by atoms with Crippen LogP contribution in [0.1, 0.15) is 17.2 Å². The SMILES string of the molecule is COc1ccc(N2C(=O)C3=C(C(c4ccccc4)=NCCN3)C2c2ccc(Br)cc2)cc1. The summed E-state index contributed by atoms with van der Waals surface area (Å²) in [6, 6.07) is 25.5. The van der Waals surface area contributed by atoms with E-state index < -0.39 is 0 Å². The fourth-order valence-corrected chi connectivity index (χ4v) is 4.55. The minimum absolute atomic E-state index is 0.0522. The number of benzene rings is 3. The molecule has 0 bridgehead atoms. The van der Waals surface area contributed by atoms with Crippen LogP contribution in [0.5, 0.6) is 5.75 Å². The number of hydrogen-bond acceptors (Lipinski definition) is 4. The number of rotatable bonds is 4. The molecule has 2 heterocycles. The van der Waals surface area contributed by atoms with Gasteiger partial charge < -0.3 is 10.1 Å². The standard InChI is InChI=1S/C26H22BrN3O2/c1-32-21-13-11-20(12-14-21)30-25(18-7-9-19(27)10-8-18)22-23(17-5-3-2-4-6-17)28-15-16-29-24(22)26(30)31/h2-14,25,29H,15-16H2,1H3. The van der Waals surface area contributed by atoms with E-state index in [0.29, 0.717) is 18.8 Å². The molecular formula is C26H22BrN3O2. The summed E-state index contributed by atoms with van der Waals surface area (Å²) in [5.74, 6) is 0.698. The van der Waals surface area contributed by atoms with Gasteiger partial charge in [0.1, 0.15) is 11.4 Å². The van der Waals surface area contributed by atoms with E-state index in [2.05, 4.69) is 33.4 Å². The number of hydrogen-bond donors (Lipinski definition) is 1. The van der Waals surface area contributed by atoms with Gasteiger partial charge in [0.05, 0.1) is 25.4 Å². The average molecular weight is 488 g/mol. The Bertz CT molecular complexity index is 1200. The second-order valence-electron chi connectivity index (χ2n) is 7.64. The highest BCUT2D eigenvalue weighted by Gasteiger charge is 2.43. The summed E-state index contributed by atoms with van der Waals surface area (Å²) in [6.45, 7) is 1.23. The number of nitrogens with one attached hydrogen (secondary N) is 1. The first-order valence-corrected chi connectivity index (χ1v) is 11.3. The zero-order valence-electron chi connectivity index (χ0n) is 17.6. The van der Waals surface area contributed by atoms with Crippen LogP contribution in [0, 0.1) is 0 Å². The molecule has 1 unspecified atom stereocenters. The van der Waals surface area contributed by atoms with Gasteiger partial charge in [-0.3, -0.25) is 14.7 Å². The highest BCUT2D eigenvalue weighted by molar-refractivity contribution is 9.10. The van der Waals surface area contributed by atoms with E-state index in [1.807, 2.05) is 71.6 Å². The number of anilines is 1. The number of nitrogens with zero attached hydrogens (tertiary/aromatic N) is 2. The van der Waals surface area contributed by atoms with Crippen LogP contribution in [-0.2, 0) is 4.79 Å². The van der Waals surface area contributed by atoms with E-state index in [0.717, 1.165) is 38.3 Å². The molecule has 5 nitrogen and oxygen atoms in total. The van der Waals surface area contributed by atoms with Crippen molar-refractivity contribution < 1.29 is 9.53 Å². The maximum Gasteiger partial charge on any atom is 0.275 e. The van der Waals surface area contributed by atoms with Crippen molar-refractivity contribution in [3.05, 3.63) is 106 Å². The molecule has 32 heavy (non-hydrogen) atoms. The number of aliphatic imine (C=N–C) groups is 1. The Labute approximate surface area is 195 Å². The van der Waals surface area contributed by atoms with E-state index in [4.69, 9.17) is 9.73 Å². The van der Waals surface area contributed by atoms with Crippen molar-refractivity contribution in [2.75, 3.05) is 25.1 Å². The summed E-state index contributed by atoms with van der Waals surface area (Å²) < 4.78 is 6.31. The average Bonchev–Trinajstić information content (AvgIpc) is 2.98. The molecule has 0 saturated carbocycles. The van der Waals surface area contributed by atoms with Gasteiger partial charge in [0.25, 0.3) is 5.91 Å². The second kappa shape index (κ2) is 8.63. The Kier molecular flexibility index (Phi) is 5.53. The van der Waals surface area contributed by atoms with Gasteiger partial charge in [-0.1, -0.05) is 58.4 Å². The molecule has 0 radical (unpaired) electrons. The number of carbonyl (C=O) groups is 1. The molecule has 1 amide bonds. The lowest BCUT2D eigenvalue weighted by molar-refractivity contribution is -0.115. The monoisotopic (exact) mass is 487 g/mol. The van der Waals surface area contributed by atoms with Crippen molar-refractivity contribution in [3.63, 3.8) is 0 Å². The third kappa shape index (κ3) is 3.60. The van der Waals surface area contributed by atoms with Gasteiger partial charge in [-0.2, -0.15) is 0 Å². The lowest BCUT2D eigenvalue weighted by atomic mass is 9.91. The smallest absolute Gasteiger partial charge is 0.275 e. The molecule has 0 spiro atoms. The molecule has 2 aliphatic heterocycles. The Balaban J connectivity index is 1.70. The second-order valence-corrected chi connectivity index (χ2v) is 8.55. The summed E-state index contributed by atoms with van der Waals surface area (Å²) in [4.78, 5) is 20.5. The summed E-state index contributed by atoms with van der Waals surface area (Å²) in [6.07, 6.45) is 0. The Morgan fingerprint density at radius 1 is 1.00 bits per heavy atom. The van der Waals surface area contributed by atoms with Crippen LogP contribution in [0.15, 0.2) is 99.6 Å². The van der Waals surface area contributed by atoms with Crippen molar-refractivity contribution in [2.24, 2.45) is 4.99 Å². The molecule has 1 N–H and O–H groups in total. The summed E-state index contributed by atoms with van der Waals surface area (Å²) in [5.41, 5.74) is 5.24. The maximum atomic E-state index is 13.8. The molecule has 6 heteroatoms. The molecule has 2 aliphatic rings. The van der Waals surface area contributed by atoms with E-state index in [1.54, 1.807) is 7.11 Å². The van der Waals surface area contributed by atoms with Gasteiger partial charge in [-0.15, -0.1) is 0 Å².